The molecule has 2 nitrogen and oxygen atoms in total. The summed E-state index contributed by atoms with van der Waals surface area (Å²) in [6, 6.07) is 9.28. The Morgan fingerprint density at radius 1 is 1.11 bits per heavy atom. The van der Waals surface area contributed by atoms with E-state index in [9.17, 15) is 0 Å². The van der Waals surface area contributed by atoms with E-state index in [1.807, 2.05) is 6.20 Å². The zero-order valence-electron chi connectivity index (χ0n) is 11.2. The van der Waals surface area contributed by atoms with Crippen molar-refractivity contribution in [1.29, 1.82) is 0 Å². The standard InChI is InChI=1S/C16H19IN2/c1-12-2-8-15(9-3-12)19-11-10-18-16(19)13-4-6-14(17)7-5-13/h4-7,10-12,15H,2-3,8-9H2,1H3. The molecule has 1 aliphatic carbocycles. The summed E-state index contributed by atoms with van der Waals surface area (Å²) in [4.78, 5) is 4.57. The van der Waals surface area contributed by atoms with Gasteiger partial charge in [-0.15, -0.1) is 0 Å². The van der Waals surface area contributed by atoms with Crippen LogP contribution >= 0.6 is 22.6 Å². The van der Waals surface area contributed by atoms with Gasteiger partial charge < -0.3 is 4.57 Å². The van der Waals surface area contributed by atoms with Crippen LogP contribution in [0.3, 0.4) is 0 Å². The van der Waals surface area contributed by atoms with Crippen LogP contribution in [-0.2, 0) is 0 Å². The van der Waals surface area contributed by atoms with Gasteiger partial charge in [0.05, 0.1) is 0 Å². The molecule has 0 bridgehead atoms. The van der Waals surface area contributed by atoms with Crippen LogP contribution in [0.25, 0.3) is 11.4 Å². The van der Waals surface area contributed by atoms with Crippen molar-refractivity contribution in [1.82, 2.24) is 9.55 Å². The predicted molar refractivity (Wildman–Crippen MR) is 87.0 cm³/mol. The van der Waals surface area contributed by atoms with E-state index in [4.69, 9.17) is 0 Å². The quantitative estimate of drug-likeness (QED) is 0.691. The molecule has 1 aromatic heterocycles. The van der Waals surface area contributed by atoms with Gasteiger partial charge in [0.15, 0.2) is 0 Å². The largest absolute Gasteiger partial charge is 0.328 e. The van der Waals surface area contributed by atoms with Gasteiger partial charge in [0, 0.05) is 27.6 Å². The van der Waals surface area contributed by atoms with Crippen LogP contribution in [0.2, 0.25) is 0 Å². The van der Waals surface area contributed by atoms with Gasteiger partial charge in [-0.2, -0.15) is 0 Å². The van der Waals surface area contributed by atoms with Gasteiger partial charge in [0.25, 0.3) is 0 Å². The number of benzene rings is 1. The second kappa shape index (κ2) is 5.65. The SMILES string of the molecule is CC1CCC(n2ccnc2-c2ccc(I)cc2)CC1. The van der Waals surface area contributed by atoms with E-state index in [1.54, 1.807) is 0 Å². The normalized spacial score (nSPS) is 23.5. The van der Waals surface area contributed by atoms with E-state index in [0.717, 1.165) is 11.7 Å². The first-order valence-electron chi connectivity index (χ1n) is 7.03. The van der Waals surface area contributed by atoms with Gasteiger partial charge in [0.1, 0.15) is 5.82 Å². The van der Waals surface area contributed by atoms with Crippen molar-refractivity contribution in [2.45, 2.75) is 38.6 Å². The molecule has 2 aromatic rings. The fourth-order valence-electron chi connectivity index (χ4n) is 2.95. The summed E-state index contributed by atoms with van der Waals surface area (Å²) >= 11 is 2.34. The first kappa shape index (κ1) is 13.2. The third kappa shape index (κ3) is 2.86. The zero-order valence-corrected chi connectivity index (χ0v) is 13.4. The molecule has 0 atom stereocenters. The van der Waals surface area contributed by atoms with Crippen molar-refractivity contribution in [2.75, 3.05) is 0 Å². The van der Waals surface area contributed by atoms with E-state index >= 15 is 0 Å². The maximum atomic E-state index is 4.57. The maximum absolute atomic E-state index is 4.57. The van der Waals surface area contributed by atoms with Gasteiger partial charge in [0.2, 0.25) is 0 Å². The van der Waals surface area contributed by atoms with E-state index in [1.165, 1.54) is 34.8 Å². The van der Waals surface area contributed by atoms with Crippen LogP contribution in [-0.4, -0.2) is 9.55 Å². The molecule has 3 rings (SSSR count). The first-order valence-corrected chi connectivity index (χ1v) is 8.10. The Morgan fingerprint density at radius 2 is 1.79 bits per heavy atom. The molecule has 0 aliphatic heterocycles. The van der Waals surface area contributed by atoms with Crippen molar-refractivity contribution < 1.29 is 0 Å². The second-order valence-corrected chi connectivity index (χ2v) is 6.82. The lowest BCUT2D eigenvalue weighted by atomic mass is 9.87. The third-order valence-corrected chi connectivity index (χ3v) is 4.87. The van der Waals surface area contributed by atoms with Crippen molar-refractivity contribution in [3.8, 4) is 11.4 Å². The van der Waals surface area contributed by atoms with Crippen LogP contribution < -0.4 is 0 Å². The number of imidazole rings is 1. The molecule has 0 N–H and O–H groups in total. The molecule has 100 valence electrons. The molecule has 3 heteroatoms. The van der Waals surface area contributed by atoms with Crippen molar-refractivity contribution in [3.63, 3.8) is 0 Å². The van der Waals surface area contributed by atoms with Crippen LogP contribution in [0, 0.1) is 9.49 Å². The average molecular weight is 366 g/mol. The average Bonchev–Trinajstić information content (AvgIpc) is 2.90. The predicted octanol–water partition coefficient (Wildman–Crippen LogP) is 4.91. The Hall–Kier alpha value is -0.840. The summed E-state index contributed by atoms with van der Waals surface area (Å²) in [5.41, 5.74) is 1.23. The lowest BCUT2D eigenvalue weighted by molar-refractivity contribution is 0.291. The smallest absolute Gasteiger partial charge is 0.140 e. The van der Waals surface area contributed by atoms with Crippen molar-refractivity contribution in [2.24, 2.45) is 5.92 Å². The summed E-state index contributed by atoms with van der Waals surface area (Å²) in [7, 11) is 0. The van der Waals surface area contributed by atoms with E-state index in [-0.39, 0.29) is 0 Å². The summed E-state index contributed by atoms with van der Waals surface area (Å²) < 4.78 is 3.65. The highest BCUT2D eigenvalue weighted by Gasteiger charge is 2.21. The number of aromatic nitrogens is 2. The molecule has 1 aliphatic rings. The van der Waals surface area contributed by atoms with Crippen LogP contribution in [0.5, 0.6) is 0 Å². The number of hydrogen-bond donors (Lipinski definition) is 0. The monoisotopic (exact) mass is 366 g/mol. The Morgan fingerprint density at radius 3 is 2.47 bits per heavy atom. The number of rotatable bonds is 2. The van der Waals surface area contributed by atoms with E-state index < -0.39 is 0 Å². The van der Waals surface area contributed by atoms with Crippen LogP contribution in [0.1, 0.15) is 38.6 Å². The fraction of sp³-hybridized carbons (Fsp3) is 0.438. The first-order chi connectivity index (χ1) is 9.24. The Labute approximate surface area is 128 Å². The highest BCUT2D eigenvalue weighted by Crippen LogP contribution is 2.34. The van der Waals surface area contributed by atoms with Gasteiger partial charge in [-0.05, 0) is 66.3 Å². The minimum absolute atomic E-state index is 0.632. The zero-order chi connectivity index (χ0) is 13.2. The lowest BCUT2D eigenvalue weighted by Crippen LogP contribution is -2.17. The molecule has 0 radical (unpaired) electrons. The minimum atomic E-state index is 0.632. The second-order valence-electron chi connectivity index (χ2n) is 5.58. The summed E-state index contributed by atoms with van der Waals surface area (Å²) in [6.07, 6.45) is 9.34. The maximum Gasteiger partial charge on any atom is 0.140 e. The van der Waals surface area contributed by atoms with Crippen molar-refractivity contribution in [3.05, 3.63) is 40.2 Å². The van der Waals surface area contributed by atoms with Gasteiger partial charge in [-0.25, -0.2) is 4.98 Å². The van der Waals surface area contributed by atoms with Gasteiger partial charge in [-0.3, -0.25) is 0 Å². The Kier molecular flexibility index (Phi) is 3.91. The molecule has 0 spiro atoms. The molecular formula is C16H19IN2. The topological polar surface area (TPSA) is 17.8 Å². The highest BCUT2D eigenvalue weighted by atomic mass is 127. The summed E-state index contributed by atoms with van der Waals surface area (Å²) in [6.45, 7) is 2.37. The molecule has 1 heterocycles. The van der Waals surface area contributed by atoms with Crippen LogP contribution in [0.4, 0.5) is 0 Å². The molecule has 19 heavy (non-hydrogen) atoms. The molecule has 1 fully saturated rings. The minimum Gasteiger partial charge on any atom is -0.328 e. The van der Waals surface area contributed by atoms with Crippen molar-refractivity contribution >= 4 is 22.6 Å². The molecule has 1 aromatic carbocycles. The Bertz CT molecular complexity index is 536. The molecule has 0 amide bonds. The molecule has 0 unspecified atom stereocenters. The van der Waals surface area contributed by atoms with E-state index in [0.29, 0.717) is 6.04 Å². The Balaban J connectivity index is 1.88. The molecule has 0 saturated heterocycles. The van der Waals surface area contributed by atoms with Gasteiger partial charge in [-0.1, -0.05) is 19.1 Å². The summed E-state index contributed by atoms with van der Waals surface area (Å²) in [5, 5.41) is 0. The van der Waals surface area contributed by atoms with E-state index in [2.05, 4.69) is 69.5 Å². The number of hydrogen-bond acceptors (Lipinski definition) is 1. The number of nitrogens with zero attached hydrogens (tertiary/aromatic N) is 2. The lowest BCUT2D eigenvalue weighted by Gasteiger charge is -2.28. The molecular weight excluding hydrogens is 347 g/mol. The van der Waals surface area contributed by atoms with Crippen LogP contribution in [0.15, 0.2) is 36.7 Å². The number of halogens is 1. The van der Waals surface area contributed by atoms with Gasteiger partial charge >= 0.3 is 0 Å². The third-order valence-electron chi connectivity index (χ3n) is 4.15. The summed E-state index contributed by atoms with van der Waals surface area (Å²) in [5.74, 6) is 2.01. The molecule has 1 saturated carbocycles. The fourth-order valence-corrected chi connectivity index (χ4v) is 3.31. The highest BCUT2D eigenvalue weighted by molar-refractivity contribution is 14.1.